The summed E-state index contributed by atoms with van der Waals surface area (Å²) in [6, 6.07) is 4.28. The fraction of sp³-hybridized carbons (Fsp3) is 0.500. The SMILES string of the molecule is Cc1cnc(Sc2ccc(C(=O)NC3CN4CCC3CC4)s2)s1. The third-order valence-corrected chi connectivity index (χ3v) is 7.77. The normalized spacial score (nSPS) is 26.4. The molecule has 3 fully saturated rings. The lowest BCUT2D eigenvalue weighted by molar-refractivity contribution is 0.0622. The Morgan fingerprint density at radius 1 is 1.35 bits per heavy atom. The number of nitrogens with zero attached hydrogens (tertiary/aromatic N) is 2. The highest BCUT2D eigenvalue weighted by Crippen LogP contribution is 2.35. The first-order valence-corrected chi connectivity index (χ1v) is 10.4. The van der Waals surface area contributed by atoms with Gasteiger partial charge in [-0.15, -0.1) is 22.7 Å². The summed E-state index contributed by atoms with van der Waals surface area (Å²) in [7, 11) is 0. The summed E-state index contributed by atoms with van der Waals surface area (Å²) in [5.74, 6) is 0.743. The molecule has 0 saturated carbocycles. The van der Waals surface area contributed by atoms with Gasteiger partial charge in [-0.25, -0.2) is 4.98 Å². The quantitative estimate of drug-likeness (QED) is 0.901. The van der Waals surface area contributed by atoms with E-state index in [0.29, 0.717) is 12.0 Å². The van der Waals surface area contributed by atoms with Crippen LogP contribution >= 0.6 is 34.4 Å². The monoisotopic (exact) mass is 365 g/mol. The number of amides is 1. The third-order valence-electron chi connectivity index (χ3n) is 4.57. The van der Waals surface area contributed by atoms with Crippen LogP contribution in [0, 0.1) is 12.8 Å². The lowest BCUT2D eigenvalue weighted by Crippen LogP contribution is -2.57. The molecule has 2 aromatic rings. The van der Waals surface area contributed by atoms with Crippen LogP contribution in [0.4, 0.5) is 0 Å². The molecule has 5 rings (SSSR count). The molecular weight excluding hydrogens is 346 g/mol. The molecule has 0 spiro atoms. The van der Waals surface area contributed by atoms with Gasteiger partial charge in [0.05, 0.1) is 9.09 Å². The van der Waals surface area contributed by atoms with Gasteiger partial charge in [0, 0.05) is 23.7 Å². The van der Waals surface area contributed by atoms with Crippen LogP contribution < -0.4 is 5.32 Å². The first-order valence-electron chi connectivity index (χ1n) is 7.91. The van der Waals surface area contributed by atoms with Crippen molar-refractivity contribution in [2.24, 2.45) is 5.92 Å². The summed E-state index contributed by atoms with van der Waals surface area (Å²) in [4.78, 5) is 21.4. The minimum Gasteiger partial charge on any atom is -0.347 e. The van der Waals surface area contributed by atoms with Gasteiger partial charge in [0.25, 0.3) is 5.91 Å². The van der Waals surface area contributed by atoms with Gasteiger partial charge in [-0.2, -0.15) is 0 Å². The van der Waals surface area contributed by atoms with Gasteiger partial charge >= 0.3 is 0 Å². The number of thiophene rings is 1. The van der Waals surface area contributed by atoms with Gasteiger partial charge in [0.2, 0.25) is 0 Å². The fourth-order valence-electron chi connectivity index (χ4n) is 3.33. The molecule has 2 aromatic heterocycles. The highest BCUT2D eigenvalue weighted by molar-refractivity contribution is 8.02. The van der Waals surface area contributed by atoms with Crippen molar-refractivity contribution < 1.29 is 4.79 Å². The molecule has 1 N–H and O–H groups in total. The lowest BCUT2D eigenvalue weighted by atomic mass is 9.84. The number of carbonyl (C=O) groups is 1. The van der Waals surface area contributed by atoms with Crippen molar-refractivity contribution in [3.05, 3.63) is 28.1 Å². The average Bonchev–Trinajstić information content (AvgIpc) is 3.18. The zero-order valence-electron chi connectivity index (χ0n) is 12.9. The average molecular weight is 366 g/mol. The molecule has 3 saturated heterocycles. The second-order valence-electron chi connectivity index (χ2n) is 6.18. The summed E-state index contributed by atoms with van der Waals surface area (Å²) >= 11 is 4.89. The van der Waals surface area contributed by atoms with Gasteiger partial charge in [-0.3, -0.25) is 4.79 Å². The topological polar surface area (TPSA) is 45.2 Å². The first kappa shape index (κ1) is 15.6. The maximum Gasteiger partial charge on any atom is 0.261 e. The highest BCUT2D eigenvalue weighted by atomic mass is 32.2. The van der Waals surface area contributed by atoms with Crippen LogP contribution in [0.15, 0.2) is 26.9 Å². The molecule has 2 bridgehead atoms. The molecular formula is C16H19N3OS3. The van der Waals surface area contributed by atoms with E-state index >= 15 is 0 Å². The van der Waals surface area contributed by atoms with Gasteiger partial charge in [0.1, 0.15) is 0 Å². The summed E-state index contributed by atoms with van der Waals surface area (Å²) in [5, 5.41) is 3.26. The number of fused-ring (bicyclic) bond motifs is 3. The number of aromatic nitrogens is 1. The molecule has 7 heteroatoms. The van der Waals surface area contributed by atoms with Crippen LogP contribution in [0.5, 0.6) is 0 Å². The number of thiazole rings is 1. The largest absolute Gasteiger partial charge is 0.347 e. The van der Waals surface area contributed by atoms with Crippen molar-refractivity contribution in [2.75, 3.05) is 19.6 Å². The minimum absolute atomic E-state index is 0.0796. The smallest absolute Gasteiger partial charge is 0.261 e. The Labute approximate surface area is 148 Å². The Balaban J connectivity index is 1.39. The maximum absolute atomic E-state index is 12.5. The standard InChI is InChI=1S/C16H19N3OS3/c1-10-8-17-16(21-10)23-14-3-2-13(22-14)15(20)18-12-9-19-6-4-11(12)5-7-19/h2-3,8,11-12H,4-7,9H2,1H3,(H,18,20). The minimum atomic E-state index is 0.0796. The number of hydrogen-bond donors (Lipinski definition) is 1. The van der Waals surface area contributed by atoms with E-state index in [1.165, 1.54) is 30.8 Å². The number of piperidine rings is 3. The van der Waals surface area contributed by atoms with Crippen molar-refractivity contribution in [3.8, 4) is 0 Å². The van der Waals surface area contributed by atoms with E-state index in [-0.39, 0.29) is 5.91 Å². The van der Waals surface area contributed by atoms with Crippen molar-refractivity contribution in [1.29, 1.82) is 0 Å². The number of carbonyl (C=O) groups excluding carboxylic acids is 1. The van der Waals surface area contributed by atoms with Gasteiger partial charge < -0.3 is 10.2 Å². The Morgan fingerprint density at radius 2 is 2.17 bits per heavy atom. The summed E-state index contributed by atoms with van der Waals surface area (Å²) in [5.41, 5.74) is 0. The molecule has 1 atom stereocenters. The van der Waals surface area contributed by atoms with Crippen LogP contribution in [0.25, 0.3) is 0 Å². The van der Waals surface area contributed by atoms with Crippen molar-refractivity contribution in [2.45, 2.75) is 34.4 Å². The predicted molar refractivity (Wildman–Crippen MR) is 95.7 cm³/mol. The van der Waals surface area contributed by atoms with E-state index in [9.17, 15) is 4.79 Å². The summed E-state index contributed by atoms with van der Waals surface area (Å²) in [6.07, 6.45) is 4.33. The Morgan fingerprint density at radius 3 is 2.83 bits per heavy atom. The molecule has 1 amide bonds. The third kappa shape index (κ3) is 3.47. The van der Waals surface area contributed by atoms with E-state index in [4.69, 9.17) is 0 Å². The van der Waals surface area contributed by atoms with Crippen LogP contribution in [-0.2, 0) is 0 Å². The Kier molecular flexibility index (Phi) is 4.45. The van der Waals surface area contributed by atoms with Crippen LogP contribution in [0.3, 0.4) is 0 Å². The van der Waals surface area contributed by atoms with E-state index in [0.717, 1.165) is 20.0 Å². The van der Waals surface area contributed by atoms with Crippen molar-refractivity contribution >= 4 is 40.3 Å². The first-order chi connectivity index (χ1) is 11.2. The predicted octanol–water partition coefficient (Wildman–Crippen LogP) is 3.49. The van der Waals surface area contributed by atoms with Crippen molar-refractivity contribution in [1.82, 2.24) is 15.2 Å². The molecule has 0 radical (unpaired) electrons. The van der Waals surface area contributed by atoms with Gasteiger partial charge in [-0.05, 0) is 62.7 Å². The molecule has 3 aliphatic rings. The van der Waals surface area contributed by atoms with E-state index < -0.39 is 0 Å². The second kappa shape index (κ2) is 6.55. The lowest BCUT2D eigenvalue weighted by Gasteiger charge is -2.44. The second-order valence-corrected chi connectivity index (χ2v) is 10.0. The van der Waals surface area contributed by atoms with E-state index in [1.807, 2.05) is 18.3 Å². The van der Waals surface area contributed by atoms with Crippen LogP contribution in [0.1, 0.15) is 27.4 Å². The molecule has 3 aliphatic heterocycles. The zero-order valence-corrected chi connectivity index (χ0v) is 15.4. The molecule has 1 unspecified atom stereocenters. The summed E-state index contributed by atoms with van der Waals surface area (Å²) < 4.78 is 2.16. The zero-order chi connectivity index (χ0) is 15.8. The molecule has 4 nitrogen and oxygen atoms in total. The Hall–Kier alpha value is -0.890. The van der Waals surface area contributed by atoms with Crippen LogP contribution in [0.2, 0.25) is 0 Å². The highest BCUT2D eigenvalue weighted by Gasteiger charge is 2.35. The fourth-order valence-corrected chi connectivity index (χ4v) is 6.53. The summed E-state index contributed by atoms with van der Waals surface area (Å²) in [6.45, 7) is 5.47. The molecule has 23 heavy (non-hydrogen) atoms. The van der Waals surface area contributed by atoms with E-state index in [2.05, 4.69) is 22.1 Å². The maximum atomic E-state index is 12.5. The number of aryl methyl sites for hydroxylation is 1. The Bertz CT molecular complexity index is 703. The molecule has 0 aromatic carbocycles. The number of rotatable bonds is 4. The van der Waals surface area contributed by atoms with Gasteiger partial charge in [-0.1, -0.05) is 0 Å². The van der Waals surface area contributed by atoms with Crippen LogP contribution in [-0.4, -0.2) is 41.5 Å². The molecule has 0 aliphatic carbocycles. The number of nitrogens with one attached hydrogen (secondary N) is 1. The van der Waals surface area contributed by atoms with Crippen molar-refractivity contribution in [3.63, 3.8) is 0 Å². The molecule has 122 valence electrons. The number of hydrogen-bond acceptors (Lipinski definition) is 6. The van der Waals surface area contributed by atoms with Gasteiger partial charge in [0.15, 0.2) is 4.34 Å². The van der Waals surface area contributed by atoms with E-state index in [1.54, 1.807) is 34.4 Å². The molecule has 5 heterocycles.